The summed E-state index contributed by atoms with van der Waals surface area (Å²) in [7, 11) is 0. The molecule has 13 heavy (non-hydrogen) atoms. The molecule has 0 aromatic heterocycles. The number of aromatic hydroxyl groups is 3. The van der Waals surface area contributed by atoms with Crippen LogP contribution >= 0.6 is 0 Å². The zero-order chi connectivity index (χ0) is 10.0. The maximum atomic E-state index is 11.0. The molecule has 0 saturated heterocycles. The highest BCUT2D eigenvalue weighted by atomic mass is 16.3. The summed E-state index contributed by atoms with van der Waals surface area (Å²) >= 11 is 0. The molecule has 3 N–H and O–H groups in total. The van der Waals surface area contributed by atoms with Crippen LogP contribution in [0.15, 0.2) is 24.8 Å². The standard InChI is InChI=1S/C9H8O4/c1-2-6(10)5-3-7(11)9(13)8(12)4-5/h2-4,11-13H,1H2. The molecule has 0 aliphatic rings. The first-order valence-corrected chi connectivity index (χ1v) is 3.48. The predicted molar refractivity (Wildman–Crippen MR) is 46.0 cm³/mol. The lowest BCUT2D eigenvalue weighted by Crippen LogP contribution is -1.92. The number of ketones is 1. The molecular weight excluding hydrogens is 172 g/mol. The highest BCUT2D eigenvalue weighted by Gasteiger charge is 2.10. The number of hydrogen-bond donors (Lipinski definition) is 3. The quantitative estimate of drug-likeness (QED) is 0.362. The van der Waals surface area contributed by atoms with Gasteiger partial charge < -0.3 is 15.3 Å². The molecule has 0 amide bonds. The first kappa shape index (κ1) is 9.12. The summed E-state index contributed by atoms with van der Waals surface area (Å²) in [5, 5.41) is 27.0. The molecule has 68 valence electrons. The van der Waals surface area contributed by atoms with Gasteiger partial charge in [0, 0.05) is 5.56 Å². The molecule has 0 unspecified atom stereocenters. The van der Waals surface area contributed by atoms with E-state index in [1.54, 1.807) is 0 Å². The summed E-state index contributed by atoms with van der Waals surface area (Å²) in [6, 6.07) is 2.11. The molecule has 1 aromatic carbocycles. The Morgan fingerprint density at radius 3 is 2.08 bits per heavy atom. The Labute approximate surface area is 74.4 Å². The maximum Gasteiger partial charge on any atom is 0.200 e. The molecule has 0 aliphatic carbocycles. The van der Waals surface area contributed by atoms with Crippen molar-refractivity contribution in [2.75, 3.05) is 0 Å². The largest absolute Gasteiger partial charge is 0.504 e. The lowest BCUT2D eigenvalue weighted by Gasteiger charge is -2.02. The van der Waals surface area contributed by atoms with Crippen LogP contribution in [0.25, 0.3) is 0 Å². The number of phenols is 3. The summed E-state index contributed by atoms with van der Waals surface area (Å²) in [5.74, 6) is -2.15. The number of allylic oxidation sites excluding steroid dienone is 1. The van der Waals surface area contributed by atoms with Gasteiger partial charge in [0.2, 0.25) is 0 Å². The summed E-state index contributed by atoms with van der Waals surface area (Å²) in [4.78, 5) is 11.0. The van der Waals surface area contributed by atoms with Gasteiger partial charge in [0.1, 0.15) is 0 Å². The highest BCUT2D eigenvalue weighted by molar-refractivity contribution is 6.04. The van der Waals surface area contributed by atoms with E-state index in [4.69, 9.17) is 15.3 Å². The Kier molecular flexibility index (Phi) is 2.23. The second kappa shape index (κ2) is 3.18. The third-order valence-electron chi connectivity index (χ3n) is 1.54. The fourth-order valence-corrected chi connectivity index (χ4v) is 0.864. The zero-order valence-electron chi connectivity index (χ0n) is 6.69. The van der Waals surface area contributed by atoms with Gasteiger partial charge in [-0.3, -0.25) is 4.79 Å². The van der Waals surface area contributed by atoms with Crippen LogP contribution in [0.3, 0.4) is 0 Å². The smallest absolute Gasteiger partial charge is 0.200 e. The van der Waals surface area contributed by atoms with Crippen molar-refractivity contribution >= 4 is 5.78 Å². The van der Waals surface area contributed by atoms with Gasteiger partial charge >= 0.3 is 0 Å². The van der Waals surface area contributed by atoms with Crippen molar-refractivity contribution in [2.45, 2.75) is 0 Å². The second-order valence-corrected chi connectivity index (χ2v) is 2.43. The number of hydrogen-bond acceptors (Lipinski definition) is 4. The summed E-state index contributed by atoms with van der Waals surface area (Å²) in [6.07, 6.45) is 1.05. The van der Waals surface area contributed by atoms with E-state index in [0.717, 1.165) is 18.2 Å². The van der Waals surface area contributed by atoms with Gasteiger partial charge in [-0.2, -0.15) is 0 Å². The van der Waals surface area contributed by atoms with E-state index >= 15 is 0 Å². The number of carbonyl (C=O) groups is 1. The molecule has 4 nitrogen and oxygen atoms in total. The van der Waals surface area contributed by atoms with Crippen LogP contribution in [0.2, 0.25) is 0 Å². The van der Waals surface area contributed by atoms with Crippen LogP contribution in [0.4, 0.5) is 0 Å². The van der Waals surface area contributed by atoms with E-state index in [9.17, 15) is 4.79 Å². The molecule has 0 fully saturated rings. The SMILES string of the molecule is C=CC(=O)c1cc(O)c(O)c(O)c1. The topological polar surface area (TPSA) is 77.8 Å². The molecule has 4 heteroatoms. The van der Waals surface area contributed by atoms with Crippen LogP contribution in [0.1, 0.15) is 10.4 Å². The number of phenolic OH excluding ortho intramolecular Hbond substituents is 3. The fourth-order valence-electron chi connectivity index (χ4n) is 0.864. The van der Waals surface area contributed by atoms with Crippen molar-refractivity contribution in [3.05, 3.63) is 30.4 Å². The van der Waals surface area contributed by atoms with E-state index in [0.29, 0.717) is 0 Å². The minimum Gasteiger partial charge on any atom is -0.504 e. The lowest BCUT2D eigenvalue weighted by molar-refractivity contribution is 0.104. The Bertz CT molecular complexity index is 345. The van der Waals surface area contributed by atoms with Crippen LogP contribution < -0.4 is 0 Å². The van der Waals surface area contributed by atoms with Crippen molar-refractivity contribution in [2.24, 2.45) is 0 Å². The first-order chi connectivity index (χ1) is 6.06. The first-order valence-electron chi connectivity index (χ1n) is 3.48. The summed E-state index contributed by atoms with van der Waals surface area (Å²) in [5.41, 5.74) is 0.0720. The van der Waals surface area contributed by atoms with Crippen molar-refractivity contribution < 1.29 is 20.1 Å². The molecular formula is C9H8O4. The van der Waals surface area contributed by atoms with Crippen LogP contribution in [0.5, 0.6) is 17.2 Å². The summed E-state index contributed by atoms with van der Waals surface area (Å²) in [6.45, 7) is 3.24. The van der Waals surface area contributed by atoms with Gasteiger partial charge in [0.25, 0.3) is 0 Å². The zero-order valence-corrected chi connectivity index (χ0v) is 6.69. The molecule has 0 saturated carbocycles. The third-order valence-corrected chi connectivity index (χ3v) is 1.54. The molecule has 0 spiro atoms. The minimum absolute atomic E-state index is 0.0720. The molecule has 0 atom stereocenters. The average molecular weight is 180 g/mol. The molecule has 0 heterocycles. The van der Waals surface area contributed by atoms with Crippen LogP contribution in [0, 0.1) is 0 Å². The van der Waals surface area contributed by atoms with Crippen molar-refractivity contribution in [3.63, 3.8) is 0 Å². The van der Waals surface area contributed by atoms with E-state index in [-0.39, 0.29) is 5.56 Å². The number of benzene rings is 1. The molecule has 1 rings (SSSR count). The highest BCUT2D eigenvalue weighted by Crippen LogP contribution is 2.35. The Hall–Kier alpha value is -1.97. The normalized spacial score (nSPS) is 9.54. The Balaban J connectivity index is 3.28. The minimum atomic E-state index is -0.638. The molecule has 0 bridgehead atoms. The van der Waals surface area contributed by atoms with E-state index in [1.165, 1.54) is 0 Å². The average Bonchev–Trinajstić information content (AvgIpc) is 2.12. The Morgan fingerprint density at radius 1 is 1.23 bits per heavy atom. The fraction of sp³-hybridized carbons (Fsp3) is 0. The third kappa shape index (κ3) is 1.61. The monoisotopic (exact) mass is 180 g/mol. The van der Waals surface area contributed by atoms with Gasteiger partial charge in [-0.1, -0.05) is 6.58 Å². The van der Waals surface area contributed by atoms with Crippen LogP contribution in [-0.4, -0.2) is 21.1 Å². The van der Waals surface area contributed by atoms with E-state index < -0.39 is 23.0 Å². The van der Waals surface area contributed by atoms with E-state index in [1.807, 2.05) is 0 Å². The Morgan fingerprint density at radius 2 is 1.69 bits per heavy atom. The van der Waals surface area contributed by atoms with Crippen molar-refractivity contribution in [3.8, 4) is 17.2 Å². The number of rotatable bonds is 2. The molecule has 0 aliphatic heterocycles. The van der Waals surface area contributed by atoms with Crippen molar-refractivity contribution in [1.29, 1.82) is 0 Å². The van der Waals surface area contributed by atoms with Crippen molar-refractivity contribution in [1.82, 2.24) is 0 Å². The van der Waals surface area contributed by atoms with E-state index in [2.05, 4.69) is 6.58 Å². The van der Waals surface area contributed by atoms with Gasteiger partial charge in [-0.15, -0.1) is 0 Å². The van der Waals surface area contributed by atoms with Gasteiger partial charge in [0.15, 0.2) is 23.0 Å². The van der Waals surface area contributed by atoms with Crippen LogP contribution in [-0.2, 0) is 0 Å². The maximum absolute atomic E-state index is 11.0. The summed E-state index contributed by atoms with van der Waals surface area (Å²) < 4.78 is 0. The van der Waals surface area contributed by atoms with Gasteiger partial charge in [0.05, 0.1) is 0 Å². The predicted octanol–water partition coefficient (Wildman–Crippen LogP) is 1.17. The van der Waals surface area contributed by atoms with Gasteiger partial charge in [-0.05, 0) is 18.2 Å². The molecule has 0 radical (unpaired) electrons. The van der Waals surface area contributed by atoms with Gasteiger partial charge in [-0.25, -0.2) is 0 Å². The lowest BCUT2D eigenvalue weighted by atomic mass is 10.1. The second-order valence-electron chi connectivity index (χ2n) is 2.43. The number of carbonyl (C=O) groups excluding carboxylic acids is 1. The molecule has 1 aromatic rings.